The normalized spacial score (nSPS) is 14.2. The third kappa shape index (κ3) is 6.40. The van der Waals surface area contributed by atoms with E-state index in [0.717, 1.165) is 5.56 Å². The van der Waals surface area contributed by atoms with E-state index in [1.54, 1.807) is 41.6 Å². The van der Waals surface area contributed by atoms with Crippen molar-refractivity contribution in [3.63, 3.8) is 0 Å². The molecule has 1 saturated heterocycles. The summed E-state index contributed by atoms with van der Waals surface area (Å²) in [5.41, 5.74) is 1.66. The molecule has 0 saturated carbocycles. The molecule has 1 aliphatic rings. The maximum atomic E-state index is 13.4. The van der Waals surface area contributed by atoms with Gasteiger partial charge in [0.15, 0.2) is 5.69 Å². The Labute approximate surface area is 192 Å². The molecule has 1 aliphatic heterocycles. The molecule has 0 atom stereocenters. The third-order valence-electron chi connectivity index (χ3n) is 5.60. The van der Waals surface area contributed by atoms with E-state index < -0.39 is 5.97 Å². The lowest BCUT2D eigenvalue weighted by molar-refractivity contribution is -0.143. The Morgan fingerprint density at radius 3 is 2.33 bits per heavy atom. The van der Waals surface area contributed by atoms with Crippen LogP contribution in [0.25, 0.3) is 11.3 Å². The first-order chi connectivity index (χ1) is 15.9. The van der Waals surface area contributed by atoms with Gasteiger partial charge in [-0.15, -0.1) is 0 Å². The summed E-state index contributed by atoms with van der Waals surface area (Å²) in [6, 6.07) is 7.69. The molecule has 3 rings (SSSR count). The van der Waals surface area contributed by atoms with Gasteiger partial charge in [0, 0.05) is 31.5 Å². The molecule has 0 spiro atoms. The highest BCUT2D eigenvalue weighted by molar-refractivity contribution is 5.88. The van der Waals surface area contributed by atoms with Crippen LogP contribution >= 0.6 is 0 Å². The molecule has 0 bridgehead atoms. The summed E-state index contributed by atoms with van der Waals surface area (Å²) >= 11 is 0. The molecule has 8 nitrogen and oxygen atoms in total. The molecule has 2 heterocycles. The Bertz CT molecular complexity index is 965. The van der Waals surface area contributed by atoms with E-state index in [9.17, 15) is 18.8 Å². The number of benzene rings is 1. The van der Waals surface area contributed by atoms with Crippen LogP contribution in [-0.2, 0) is 19.1 Å². The molecule has 1 aromatic carbocycles. The fourth-order valence-electron chi connectivity index (χ4n) is 3.95. The zero-order valence-corrected chi connectivity index (χ0v) is 19.1. The first-order valence-electron chi connectivity index (χ1n) is 11.4. The quantitative estimate of drug-likeness (QED) is 0.531. The van der Waals surface area contributed by atoms with Crippen LogP contribution in [0.4, 0.5) is 4.39 Å². The number of hydrogen-bond acceptors (Lipinski definition) is 6. The largest absolute Gasteiger partial charge is 0.466 e. The maximum absolute atomic E-state index is 13.4. The topological polar surface area (TPSA) is 90.7 Å². The second kappa shape index (κ2) is 11.6. The Hall–Kier alpha value is -3.23. The van der Waals surface area contributed by atoms with Crippen molar-refractivity contribution >= 4 is 17.8 Å². The van der Waals surface area contributed by atoms with Gasteiger partial charge in [0.25, 0.3) is 0 Å². The van der Waals surface area contributed by atoms with Gasteiger partial charge < -0.3 is 14.4 Å². The van der Waals surface area contributed by atoms with Crippen LogP contribution in [0.2, 0.25) is 0 Å². The number of hydrogen-bond donors (Lipinski definition) is 0. The van der Waals surface area contributed by atoms with E-state index >= 15 is 0 Å². The van der Waals surface area contributed by atoms with E-state index in [2.05, 4.69) is 5.10 Å². The van der Waals surface area contributed by atoms with Gasteiger partial charge in [0.1, 0.15) is 5.82 Å². The standard InChI is InChI=1S/C24H30FN3O5/c1-3-32-23(30)7-5-6-22(29)27-14-12-19(13-15-27)28-21(17-8-10-18(25)11-9-17)16-20(26-28)24(31)33-4-2/h8-11,16,19H,3-7,12-15H2,1-2H3. The zero-order valence-electron chi connectivity index (χ0n) is 19.1. The molecule has 1 fully saturated rings. The first-order valence-corrected chi connectivity index (χ1v) is 11.4. The summed E-state index contributed by atoms with van der Waals surface area (Å²) in [5, 5.41) is 4.50. The Kier molecular flexibility index (Phi) is 8.57. The lowest BCUT2D eigenvalue weighted by atomic mass is 10.0. The van der Waals surface area contributed by atoms with E-state index in [4.69, 9.17) is 9.47 Å². The number of amides is 1. The molecule has 0 unspecified atom stereocenters. The average molecular weight is 460 g/mol. The number of rotatable bonds is 9. The van der Waals surface area contributed by atoms with Crippen LogP contribution in [0.5, 0.6) is 0 Å². The minimum Gasteiger partial charge on any atom is -0.466 e. The summed E-state index contributed by atoms with van der Waals surface area (Å²) in [6.07, 6.45) is 2.35. The van der Waals surface area contributed by atoms with Gasteiger partial charge in [-0.1, -0.05) is 0 Å². The minimum absolute atomic E-state index is 0.0168. The van der Waals surface area contributed by atoms with Crippen molar-refractivity contribution < 1.29 is 28.2 Å². The molecule has 0 N–H and O–H groups in total. The molecular weight excluding hydrogens is 429 g/mol. The summed E-state index contributed by atoms with van der Waals surface area (Å²) in [6.45, 7) is 5.18. The maximum Gasteiger partial charge on any atom is 0.358 e. The minimum atomic E-state index is -0.506. The Morgan fingerprint density at radius 1 is 1.03 bits per heavy atom. The van der Waals surface area contributed by atoms with Crippen LogP contribution in [0.15, 0.2) is 30.3 Å². The van der Waals surface area contributed by atoms with E-state index in [-0.39, 0.29) is 42.5 Å². The highest BCUT2D eigenvalue weighted by Crippen LogP contribution is 2.30. The van der Waals surface area contributed by atoms with Crippen molar-refractivity contribution in [2.24, 2.45) is 0 Å². The summed E-state index contributed by atoms with van der Waals surface area (Å²) in [5.74, 6) is -1.11. The van der Waals surface area contributed by atoms with Gasteiger partial charge >= 0.3 is 11.9 Å². The van der Waals surface area contributed by atoms with Crippen molar-refractivity contribution in [3.05, 3.63) is 41.8 Å². The highest BCUT2D eigenvalue weighted by atomic mass is 19.1. The molecule has 33 heavy (non-hydrogen) atoms. The monoisotopic (exact) mass is 459 g/mol. The number of ether oxygens (including phenoxy) is 2. The third-order valence-corrected chi connectivity index (χ3v) is 5.60. The molecule has 9 heteroatoms. The molecule has 1 amide bonds. The second-order valence-corrected chi connectivity index (χ2v) is 7.86. The van der Waals surface area contributed by atoms with E-state index in [0.29, 0.717) is 51.1 Å². The van der Waals surface area contributed by atoms with Crippen molar-refractivity contribution in [1.29, 1.82) is 0 Å². The number of esters is 2. The molecular formula is C24H30FN3O5. The Balaban J connectivity index is 1.67. The van der Waals surface area contributed by atoms with Crippen LogP contribution in [0.3, 0.4) is 0 Å². The van der Waals surface area contributed by atoms with Gasteiger partial charge in [0.05, 0.1) is 24.9 Å². The van der Waals surface area contributed by atoms with Gasteiger partial charge in [-0.05, 0) is 63.4 Å². The summed E-state index contributed by atoms with van der Waals surface area (Å²) in [4.78, 5) is 38.0. The smallest absolute Gasteiger partial charge is 0.358 e. The molecule has 0 aliphatic carbocycles. The van der Waals surface area contributed by atoms with Gasteiger partial charge in [-0.25, -0.2) is 9.18 Å². The number of carbonyl (C=O) groups is 3. The van der Waals surface area contributed by atoms with Crippen LogP contribution < -0.4 is 0 Å². The van der Waals surface area contributed by atoms with Crippen LogP contribution in [-0.4, -0.2) is 58.8 Å². The van der Waals surface area contributed by atoms with Crippen molar-refractivity contribution in [2.45, 2.75) is 52.0 Å². The molecule has 0 radical (unpaired) electrons. The van der Waals surface area contributed by atoms with Gasteiger partial charge in [-0.2, -0.15) is 5.10 Å². The number of piperidine rings is 1. The fourth-order valence-corrected chi connectivity index (χ4v) is 3.95. The fraction of sp³-hybridized carbons (Fsp3) is 0.500. The number of halogens is 1. The lowest BCUT2D eigenvalue weighted by Crippen LogP contribution is -2.39. The van der Waals surface area contributed by atoms with E-state index in [1.165, 1.54) is 12.1 Å². The van der Waals surface area contributed by atoms with E-state index in [1.807, 2.05) is 0 Å². The summed E-state index contributed by atoms with van der Waals surface area (Å²) in [7, 11) is 0. The first kappa shape index (κ1) is 24.4. The predicted octanol–water partition coefficient (Wildman–Crippen LogP) is 3.76. The molecule has 2 aromatic rings. The molecule has 1 aromatic heterocycles. The lowest BCUT2D eigenvalue weighted by Gasteiger charge is -2.33. The van der Waals surface area contributed by atoms with Gasteiger partial charge in [0.2, 0.25) is 5.91 Å². The number of aromatic nitrogens is 2. The van der Waals surface area contributed by atoms with Crippen LogP contribution in [0, 0.1) is 5.82 Å². The van der Waals surface area contributed by atoms with Crippen molar-refractivity contribution in [1.82, 2.24) is 14.7 Å². The predicted molar refractivity (Wildman–Crippen MR) is 119 cm³/mol. The average Bonchev–Trinajstić information content (AvgIpc) is 3.25. The van der Waals surface area contributed by atoms with Crippen LogP contribution in [0.1, 0.15) is 62.5 Å². The number of nitrogens with zero attached hydrogens (tertiary/aromatic N) is 3. The SMILES string of the molecule is CCOC(=O)CCCC(=O)N1CCC(n2nc(C(=O)OCC)cc2-c2ccc(F)cc2)CC1. The van der Waals surface area contributed by atoms with Crippen molar-refractivity contribution in [2.75, 3.05) is 26.3 Å². The Morgan fingerprint density at radius 2 is 1.70 bits per heavy atom. The zero-order chi connectivity index (χ0) is 23.8. The second-order valence-electron chi connectivity index (χ2n) is 7.86. The number of carbonyl (C=O) groups excluding carboxylic acids is 3. The highest BCUT2D eigenvalue weighted by Gasteiger charge is 2.27. The number of likely N-dealkylation sites (tertiary alicyclic amines) is 1. The molecule has 178 valence electrons. The van der Waals surface area contributed by atoms with Gasteiger partial charge in [-0.3, -0.25) is 14.3 Å². The summed E-state index contributed by atoms with van der Waals surface area (Å²) < 4.78 is 25.2. The van der Waals surface area contributed by atoms with Crippen molar-refractivity contribution in [3.8, 4) is 11.3 Å².